The third-order valence-electron chi connectivity index (χ3n) is 2.90. The van der Waals surface area contributed by atoms with Gasteiger partial charge in [0.1, 0.15) is 11.5 Å². The van der Waals surface area contributed by atoms with Crippen molar-refractivity contribution < 1.29 is 14.3 Å². The number of methoxy groups -OCH3 is 1. The van der Waals surface area contributed by atoms with Crippen LogP contribution in [-0.2, 0) is 4.79 Å². The predicted octanol–water partition coefficient (Wildman–Crippen LogP) is 4.41. The van der Waals surface area contributed by atoms with Gasteiger partial charge in [0, 0.05) is 10.7 Å². The summed E-state index contributed by atoms with van der Waals surface area (Å²) in [4.78, 5) is 12.1. The first-order chi connectivity index (χ1) is 10.5. The molecule has 0 fully saturated rings. The number of hydrogen-bond acceptors (Lipinski definition) is 3. The summed E-state index contributed by atoms with van der Waals surface area (Å²) in [6.45, 7) is 1.65. The van der Waals surface area contributed by atoms with E-state index in [0.29, 0.717) is 27.2 Å². The van der Waals surface area contributed by atoms with E-state index in [0.717, 1.165) is 0 Å². The minimum absolute atomic E-state index is 0.291. The number of hydrogen-bond donors (Lipinski definition) is 1. The molecule has 0 aliphatic heterocycles. The Balaban J connectivity index is 2.00. The maximum Gasteiger partial charge on any atom is 0.265 e. The Morgan fingerprint density at radius 1 is 1.18 bits per heavy atom. The Morgan fingerprint density at radius 2 is 1.95 bits per heavy atom. The lowest BCUT2D eigenvalue weighted by molar-refractivity contribution is -0.122. The van der Waals surface area contributed by atoms with Crippen LogP contribution in [0.25, 0.3) is 0 Å². The quantitative estimate of drug-likeness (QED) is 0.877. The SMILES string of the molecule is COc1ccc(NC(=O)C(C)Oc2cccc(Cl)c2)cc1Cl. The highest BCUT2D eigenvalue weighted by atomic mass is 35.5. The van der Waals surface area contributed by atoms with E-state index in [1.165, 1.54) is 7.11 Å². The van der Waals surface area contributed by atoms with Gasteiger partial charge < -0.3 is 14.8 Å². The van der Waals surface area contributed by atoms with Gasteiger partial charge >= 0.3 is 0 Å². The fourth-order valence-electron chi connectivity index (χ4n) is 1.79. The van der Waals surface area contributed by atoms with E-state index in [1.54, 1.807) is 49.4 Å². The molecule has 4 nitrogen and oxygen atoms in total. The van der Waals surface area contributed by atoms with Crippen LogP contribution in [0.5, 0.6) is 11.5 Å². The summed E-state index contributed by atoms with van der Waals surface area (Å²) >= 11 is 11.9. The molecular formula is C16H15Cl2NO3. The van der Waals surface area contributed by atoms with Gasteiger partial charge in [0.15, 0.2) is 6.10 Å². The molecule has 0 spiro atoms. The van der Waals surface area contributed by atoms with Gasteiger partial charge in [-0.1, -0.05) is 29.3 Å². The second-order valence-electron chi connectivity index (χ2n) is 4.56. The topological polar surface area (TPSA) is 47.6 Å². The van der Waals surface area contributed by atoms with Gasteiger partial charge in [-0.3, -0.25) is 4.79 Å². The molecule has 1 unspecified atom stereocenters. The summed E-state index contributed by atoms with van der Waals surface area (Å²) in [5.41, 5.74) is 0.567. The lowest BCUT2D eigenvalue weighted by Gasteiger charge is -2.15. The van der Waals surface area contributed by atoms with Crippen molar-refractivity contribution >= 4 is 34.8 Å². The number of benzene rings is 2. The van der Waals surface area contributed by atoms with E-state index in [2.05, 4.69) is 5.32 Å². The smallest absolute Gasteiger partial charge is 0.265 e. The van der Waals surface area contributed by atoms with E-state index in [9.17, 15) is 4.79 Å². The van der Waals surface area contributed by atoms with Crippen molar-refractivity contribution in [2.24, 2.45) is 0 Å². The lowest BCUT2D eigenvalue weighted by Crippen LogP contribution is -2.30. The molecule has 116 valence electrons. The number of halogens is 2. The van der Waals surface area contributed by atoms with Gasteiger partial charge in [-0.15, -0.1) is 0 Å². The van der Waals surface area contributed by atoms with E-state index in [4.69, 9.17) is 32.7 Å². The average Bonchev–Trinajstić information content (AvgIpc) is 2.47. The van der Waals surface area contributed by atoms with Crippen molar-refractivity contribution in [1.82, 2.24) is 0 Å². The molecule has 0 aromatic heterocycles. The average molecular weight is 340 g/mol. The van der Waals surface area contributed by atoms with Crippen molar-refractivity contribution in [1.29, 1.82) is 0 Å². The molecule has 2 aromatic carbocycles. The minimum atomic E-state index is -0.681. The molecule has 0 bridgehead atoms. The number of carbonyl (C=O) groups excluding carboxylic acids is 1. The molecule has 0 heterocycles. The zero-order chi connectivity index (χ0) is 16.1. The molecule has 0 aliphatic carbocycles. The third-order valence-corrected chi connectivity index (χ3v) is 3.43. The van der Waals surface area contributed by atoms with Crippen LogP contribution in [0, 0.1) is 0 Å². The minimum Gasteiger partial charge on any atom is -0.495 e. The van der Waals surface area contributed by atoms with Gasteiger partial charge in [-0.2, -0.15) is 0 Å². The van der Waals surface area contributed by atoms with E-state index >= 15 is 0 Å². The summed E-state index contributed by atoms with van der Waals surface area (Å²) < 4.78 is 10.6. The first-order valence-corrected chi connectivity index (χ1v) is 7.32. The molecule has 0 saturated carbocycles. The molecule has 2 aromatic rings. The number of rotatable bonds is 5. The summed E-state index contributed by atoms with van der Waals surface area (Å²) in [6.07, 6.45) is -0.681. The molecule has 22 heavy (non-hydrogen) atoms. The van der Waals surface area contributed by atoms with Crippen LogP contribution in [0.15, 0.2) is 42.5 Å². The van der Waals surface area contributed by atoms with Crippen LogP contribution < -0.4 is 14.8 Å². The number of ether oxygens (including phenoxy) is 2. The largest absolute Gasteiger partial charge is 0.495 e. The summed E-state index contributed by atoms with van der Waals surface area (Å²) in [7, 11) is 1.53. The Hall–Kier alpha value is -1.91. The predicted molar refractivity (Wildman–Crippen MR) is 88.2 cm³/mol. The van der Waals surface area contributed by atoms with Crippen molar-refractivity contribution in [3.05, 3.63) is 52.5 Å². The molecule has 1 atom stereocenters. The highest BCUT2D eigenvalue weighted by molar-refractivity contribution is 6.32. The molecule has 0 radical (unpaired) electrons. The molecule has 0 aliphatic rings. The normalized spacial score (nSPS) is 11.6. The van der Waals surface area contributed by atoms with E-state index in [1.807, 2.05) is 0 Å². The van der Waals surface area contributed by atoms with Crippen molar-refractivity contribution in [3.8, 4) is 11.5 Å². The van der Waals surface area contributed by atoms with Crippen molar-refractivity contribution in [3.63, 3.8) is 0 Å². The highest BCUT2D eigenvalue weighted by Gasteiger charge is 2.15. The fraction of sp³-hybridized carbons (Fsp3) is 0.188. The van der Waals surface area contributed by atoms with Crippen LogP contribution >= 0.6 is 23.2 Å². The van der Waals surface area contributed by atoms with Gasteiger partial charge in [0.2, 0.25) is 0 Å². The number of carbonyl (C=O) groups is 1. The summed E-state index contributed by atoms with van der Waals surface area (Å²) in [6, 6.07) is 11.9. The standard InChI is InChI=1S/C16H15Cl2NO3/c1-10(22-13-5-3-4-11(17)8-13)16(20)19-12-6-7-15(21-2)14(18)9-12/h3-10H,1-2H3,(H,19,20). The fourth-order valence-corrected chi connectivity index (χ4v) is 2.22. The first-order valence-electron chi connectivity index (χ1n) is 6.56. The lowest BCUT2D eigenvalue weighted by atomic mass is 10.2. The van der Waals surface area contributed by atoms with Crippen molar-refractivity contribution in [2.45, 2.75) is 13.0 Å². The number of amides is 1. The van der Waals surface area contributed by atoms with Crippen molar-refractivity contribution in [2.75, 3.05) is 12.4 Å². The van der Waals surface area contributed by atoms with Gasteiger partial charge in [0.05, 0.1) is 12.1 Å². The second kappa shape index (κ2) is 7.38. The maximum atomic E-state index is 12.1. The Kier molecular flexibility index (Phi) is 5.52. The third kappa shape index (κ3) is 4.29. The Bertz CT molecular complexity index is 676. The zero-order valence-corrected chi connectivity index (χ0v) is 13.6. The van der Waals surface area contributed by atoms with Gasteiger partial charge in [0.25, 0.3) is 5.91 Å². The van der Waals surface area contributed by atoms with Gasteiger partial charge in [-0.25, -0.2) is 0 Å². The Morgan fingerprint density at radius 3 is 2.59 bits per heavy atom. The maximum absolute atomic E-state index is 12.1. The summed E-state index contributed by atoms with van der Waals surface area (Å²) in [5.74, 6) is 0.784. The van der Waals surface area contributed by atoms with Crippen LogP contribution in [-0.4, -0.2) is 19.1 Å². The van der Waals surface area contributed by atoms with E-state index < -0.39 is 6.10 Å². The number of anilines is 1. The number of nitrogens with one attached hydrogen (secondary N) is 1. The van der Waals surface area contributed by atoms with Crippen LogP contribution in [0.1, 0.15) is 6.92 Å². The van der Waals surface area contributed by atoms with Crippen LogP contribution in [0.3, 0.4) is 0 Å². The molecular weight excluding hydrogens is 325 g/mol. The second-order valence-corrected chi connectivity index (χ2v) is 5.40. The van der Waals surface area contributed by atoms with Crippen LogP contribution in [0.4, 0.5) is 5.69 Å². The molecule has 6 heteroatoms. The van der Waals surface area contributed by atoms with Gasteiger partial charge in [-0.05, 0) is 43.3 Å². The first kappa shape index (κ1) is 16.5. The monoisotopic (exact) mass is 339 g/mol. The summed E-state index contributed by atoms with van der Waals surface area (Å²) in [5, 5.41) is 3.70. The van der Waals surface area contributed by atoms with E-state index in [-0.39, 0.29) is 5.91 Å². The Labute approximate surface area is 138 Å². The molecule has 1 amide bonds. The highest BCUT2D eigenvalue weighted by Crippen LogP contribution is 2.27. The molecule has 1 N–H and O–H groups in total. The molecule has 2 rings (SSSR count). The van der Waals surface area contributed by atoms with Crippen LogP contribution in [0.2, 0.25) is 10.0 Å². The molecule has 0 saturated heterocycles. The zero-order valence-electron chi connectivity index (χ0n) is 12.1.